The fraction of sp³-hybridized carbons (Fsp3) is 0.529. The SMILES string of the molecule is C=CCNC(=O)CN1CCN(C(=O)c2cccn2C(C)C)CC1. The predicted molar refractivity (Wildman–Crippen MR) is 90.4 cm³/mol. The van der Waals surface area contributed by atoms with E-state index in [0.29, 0.717) is 26.2 Å². The highest BCUT2D eigenvalue weighted by atomic mass is 16.2. The Hall–Kier alpha value is -2.08. The van der Waals surface area contributed by atoms with Crippen molar-refractivity contribution in [1.29, 1.82) is 0 Å². The van der Waals surface area contributed by atoms with Gasteiger partial charge >= 0.3 is 0 Å². The summed E-state index contributed by atoms with van der Waals surface area (Å²) >= 11 is 0. The van der Waals surface area contributed by atoms with E-state index in [4.69, 9.17) is 0 Å². The monoisotopic (exact) mass is 318 g/mol. The van der Waals surface area contributed by atoms with Gasteiger partial charge in [0.15, 0.2) is 0 Å². The molecule has 126 valence electrons. The Morgan fingerprint density at radius 3 is 2.61 bits per heavy atom. The summed E-state index contributed by atoms with van der Waals surface area (Å²) in [7, 11) is 0. The Balaban J connectivity index is 1.86. The number of nitrogens with zero attached hydrogens (tertiary/aromatic N) is 3. The second kappa shape index (κ2) is 7.97. The molecule has 1 fully saturated rings. The van der Waals surface area contributed by atoms with Gasteiger partial charge in [-0.1, -0.05) is 6.08 Å². The molecular formula is C17H26N4O2. The molecule has 23 heavy (non-hydrogen) atoms. The second-order valence-corrected chi connectivity index (χ2v) is 6.06. The summed E-state index contributed by atoms with van der Waals surface area (Å²) in [6, 6.07) is 4.05. The van der Waals surface area contributed by atoms with Gasteiger partial charge in [0.1, 0.15) is 5.69 Å². The molecular weight excluding hydrogens is 292 g/mol. The van der Waals surface area contributed by atoms with Crippen molar-refractivity contribution < 1.29 is 9.59 Å². The summed E-state index contributed by atoms with van der Waals surface area (Å²) in [5, 5.41) is 2.77. The highest BCUT2D eigenvalue weighted by Gasteiger charge is 2.25. The van der Waals surface area contributed by atoms with Crippen LogP contribution in [0.4, 0.5) is 0 Å². The van der Waals surface area contributed by atoms with E-state index in [1.807, 2.05) is 27.8 Å². The summed E-state index contributed by atoms with van der Waals surface area (Å²) in [5.41, 5.74) is 0.733. The number of carbonyl (C=O) groups is 2. The molecule has 1 aliphatic rings. The van der Waals surface area contributed by atoms with Crippen molar-refractivity contribution >= 4 is 11.8 Å². The normalized spacial score (nSPS) is 15.7. The molecule has 2 heterocycles. The molecule has 6 heteroatoms. The van der Waals surface area contributed by atoms with Crippen LogP contribution in [0.5, 0.6) is 0 Å². The van der Waals surface area contributed by atoms with E-state index in [1.54, 1.807) is 6.08 Å². The van der Waals surface area contributed by atoms with Crippen LogP contribution in [-0.2, 0) is 4.79 Å². The Morgan fingerprint density at radius 1 is 1.30 bits per heavy atom. The fourth-order valence-corrected chi connectivity index (χ4v) is 2.74. The van der Waals surface area contributed by atoms with Gasteiger partial charge in [-0.3, -0.25) is 14.5 Å². The van der Waals surface area contributed by atoms with Crippen molar-refractivity contribution in [2.45, 2.75) is 19.9 Å². The van der Waals surface area contributed by atoms with E-state index >= 15 is 0 Å². The van der Waals surface area contributed by atoms with Gasteiger partial charge in [0, 0.05) is 45.0 Å². The molecule has 6 nitrogen and oxygen atoms in total. The molecule has 1 aliphatic heterocycles. The molecule has 1 aromatic heterocycles. The highest BCUT2D eigenvalue weighted by Crippen LogP contribution is 2.14. The molecule has 0 saturated carbocycles. The first-order valence-electron chi connectivity index (χ1n) is 8.09. The molecule has 2 amide bonds. The topological polar surface area (TPSA) is 57.6 Å². The number of hydrogen-bond donors (Lipinski definition) is 1. The lowest BCUT2D eigenvalue weighted by molar-refractivity contribution is -0.122. The number of aromatic nitrogens is 1. The smallest absolute Gasteiger partial charge is 0.270 e. The number of nitrogens with one attached hydrogen (secondary N) is 1. The number of carbonyl (C=O) groups excluding carboxylic acids is 2. The molecule has 0 spiro atoms. The molecule has 1 saturated heterocycles. The average molecular weight is 318 g/mol. The van der Waals surface area contributed by atoms with Crippen LogP contribution in [0, 0.1) is 0 Å². The third-order valence-electron chi connectivity index (χ3n) is 4.02. The van der Waals surface area contributed by atoms with Crippen LogP contribution in [0.2, 0.25) is 0 Å². The maximum Gasteiger partial charge on any atom is 0.270 e. The minimum Gasteiger partial charge on any atom is -0.352 e. The first-order chi connectivity index (χ1) is 11.0. The summed E-state index contributed by atoms with van der Waals surface area (Å²) in [4.78, 5) is 28.3. The number of piperazine rings is 1. The van der Waals surface area contributed by atoms with Crippen molar-refractivity contribution in [2.75, 3.05) is 39.3 Å². The van der Waals surface area contributed by atoms with Gasteiger partial charge in [0.2, 0.25) is 5.91 Å². The standard InChI is InChI=1S/C17H26N4O2/c1-4-7-18-16(22)13-19-9-11-20(12-10-19)17(23)15-6-5-8-21(15)14(2)3/h4-6,8,14H,1,7,9-13H2,2-3H3,(H,18,22). The van der Waals surface area contributed by atoms with E-state index in [9.17, 15) is 9.59 Å². The molecule has 0 unspecified atom stereocenters. The summed E-state index contributed by atoms with van der Waals surface area (Å²) in [6.45, 7) is 11.3. The van der Waals surface area contributed by atoms with Crippen LogP contribution >= 0.6 is 0 Å². The third kappa shape index (κ3) is 4.45. The van der Waals surface area contributed by atoms with Crippen molar-refractivity contribution in [3.8, 4) is 0 Å². The number of amides is 2. The molecule has 1 aromatic rings. The van der Waals surface area contributed by atoms with Crippen molar-refractivity contribution in [2.24, 2.45) is 0 Å². The van der Waals surface area contributed by atoms with Crippen LogP contribution in [0.25, 0.3) is 0 Å². The minimum atomic E-state index is -0.00152. The second-order valence-electron chi connectivity index (χ2n) is 6.06. The molecule has 2 rings (SSSR count). The lowest BCUT2D eigenvalue weighted by Gasteiger charge is -2.34. The molecule has 0 radical (unpaired) electrons. The van der Waals surface area contributed by atoms with Crippen LogP contribution < -0.4 is 5.32 Å². The summed E-state index contributed by atoms with van der Waals surface area (Å²) < 4.78 is 2.00. The van der Waals surface area contributed by atoms with Gasteiger partial charge in [-0.15, -0.1) is 6.58 Å². The first kappa shape index (κ1) is 17.3. The van der Waals surface area contributed by atoms with Gasteiger partial charge in [0.25, 0.3) is 5.91 Å². The van der Waals surface area contributed by atoms with Crippen molar-refractivity contribution in [1.82, 2.24) is 19.7 Å². The zero-order valence-corrected chi connectivity index (χ0v) is 14.0. The number of hydrogen-bond acceptors (Lipinski definition) is 3. The van der Waals surface area contributed by atoms with Crippen molar-refractivity contribution in [3.63, 3.8) is 0 Å². The van der Waals surface area contributed by atoms with Crippen molar-refractivity contribution in [3.05, 3.63) is 36.7 Å². The Morgan fingerprint density at radius 2 is 2.00 bits per heavy atom. The summed E-state index contributed by atoms with van der Waals surface area (Å²) in [6.07, 6.45) is 3.61. The number of rotatable bonds is 6. The Bertz CT molecular complexity index is 557. The van der Waals surface area contributed by atoms with E-state index in [0.717, 1.165) is 18.8 Å². The van der Waals surface area contributed by atoms with Gasteiger partial charge in [-0.05, 0) is 26.0 Å². The van der Waals surface area contributed by atoms with E-state index in [1.165, 1.54) is 0 Å². The highest BCUT2D eigenvalue weighted by molar-refractivity contribution is 5.93. The predicted octanol–water partition coefficient (Wildman–Crippen LogP) is 1.13. The van der Waals surface area contributed by atoms with Crippen LogP contribution in [-0.4, -0.2) is 65.4 Å². The zero-order valence-electron chi connectivity index (χ0n) is 14.0. The Kier molecular flexibility index (Phi) is 5.98. The van der Waals surface area contributed by atoms with Crippen LogP contribution in [0.3, 0.4) is 0 Å². The van der Waals surface area contributed by atoms with Gasteiger partial charge in [0.05, 0.1) is 6.54 Å². The lowest BCUT2D eigenvalue weighted by atomic mass is 10.2. The van der Waals surface area contributed by atoms with E-state index in [-0.39, 0.29) is 17.9 Å². The molecule has 0 aliphatic carbocycles. The van der Waals surface area contributed by atoms with Gasteiger partial charge in [-0.2, -0.15) is 0 Å². The average Bonchev–Trinajstić information content (AvgIpc) is 3.03. The quantitative estimate of drug-likeness (QED) is 0.800. The van der Waals surface area contributed by atoms with Gasteiger partial charge < -0.3 is 14.8 Å². The zero-order chi connectivity index (χ0) is 16.8. The van der Waals surface area contributed by atoms with Gasteiger partial charge in [-0.25, -0.2) is 0 Å². The Labute approximate surface area is 137 Å². The largest absolute Gasteiger partial charge is 0.352 e. The van der Waals surface area contributed by atoms with Crippen LogP contribution in [0.1, 0.15) is 30.4 Å². The summed E-state index contributed by atoms with van der Waals surface area (Å²) in [5.74, 6) is 0.0674. The maximum absolute atomic E-state index is 12.7. The molecule has 0 bridgehead atoms. The van der Waals surface area contributed by atoms with Crippen LogP contribution in [0.15, 0.2) is 31.0 Å². The fourth-order valence-electron chi connectivity index (χ4n) is 2.74. The molecule has 0 atom stereocenters. The first-order valence-corrected chi connectivity index (χ1v) is 8.09. The molecule has 1 N–H and O–H groups in total. The minimum absolute atomic E-state index is 0.00152. The third-order valence-corrected chi connectivity index (χ3v) is 4.02. The van der Waals surface area contributed by atoms with E-state index in [2.05, 4.69) is 30.6 Å². The van der Waals surface area contributed by atoms with E-state index < -0.39 is 0 Å². The molecule has 0 aromatic carbocycles. The lowest BCUT2D eigenvalue weighted by Crippen LogP contribution is -2.51. The maximum atomic E-state index is 12.7.